The van der Waals surface area contributed by atoms with E-state index < -0.39 is 0 Å². The van der Waals surface area contributed by atoms with Crippen LogP contribution in [0, 0.1) is 6.92 Å². The number of thiophene rings is 1. The summed E-state index contributed by atoms with van der Waals surface area (Å²) >= 11 is 1.32. The Morgan fingerprint density at radius 1 is 1.00 bits per heavy atom. The molecular formula is C23H21N3O3S. The average molecular weight is 420 g/mol. The number of aromatic nitrogens is 2. The van der Waals surface area contributed by atoms with Gasteiger partial charge in [-0.1, -0.05) is 18.2 Å². The van der Waals surface area contributed by atoms with E-state index in [-0.39, 0.29) is 12.1 Å². The van der Waals surface area contributed by atoms with Gasteiger partial charge in [0.1, 0.15) is 33.4 Å². The Bertz CT molecular complexity index is 1170. The predicted molar refractivity (Wildman–Crippen MR) is 119 cm³/mol. The molecule has 0 unspecified atom stereocenters. The highest BCUT2D eigenvalue weighted by Crippen LogP contribution is 2.35. The van der Waals surface area contributed by atoms with Crippen LogP contribution < -0.4 is 10.1 Å². The maximum atomic E-state index is 12.4. The van der Waals surface area contributed by atoms with Gasteiger partial charge in [-0.05, 0) is 62.7 Å². The molecule has 2 aromatic heterocycles. The second kappa shape index (κ2) is 8.51. The van der Waals surface area contributed by atoms with E-state index in [1.807, 2.05) is 75.4 Å². The zero-order chi connectivity index (χ0) is 21.1. The normalized spacial score (nSPS) is 10.9. The first-order chi connectivity index (χ1) is 14.5. The molecule has 4 rings (SSSR count). The molecule has 1 N–H and O–H groups in total. The Kier molecular flexibility index (Phi) is 5.63. The maximum absolute atomic E-state index is 12.4. The molecule has 6 nitrogen and oxygen atoms in total. The summed E-state index contributed by atoms with van der Waals surface area (Å²) in [6.07, 6.45) is 1.31. The van der Waals surface area contributed by atoms with Crippen molar-refractivity contribution in [3.63, 3.8) is 0 Å². The van der Waals surface area contributed by atoms with E-state index in [9.17, 15) is 4.79 Å². The molecule has 2 aromatic carbocycles. The number of anilines is 2. The van der Waals surface area contributed by atoms with Crippen molar-refractivity contribution < 1.29 is 14.3 Å². The third kappa shape index (κ3) is 4.26. The van der Waals surface area contributed by atoms with Gasteiger partial charge in [-0.15, -0.1) is 11.3 Å². The van der Waals surface area contributed by atoms with Crippen LogP contribution >= 0.6 is 11.3 Å². The van der Waals surface area contributed by atoms with Gasteiger partial charge in [0.2, 0.25) is 0 Å². The second-order valence-corrected chi connectivity index (χ2v) is 7.98. The van der Waals surface area contributed by atoms with Gasteiger partial charge in [0.05, 0.1) is 11.5 Å². The molecule has 0 radical (unpaired) electrons. The van der Waals surface area contributed by atoms with Gasteiger partial charge in [0, 0.05) is 5.69 Å². The number of aryl methyl sites for hydroxylation is 1. The SMILES string of the molecule is Cc1c(C(=O)OC(C)C)sc2ncnc(Nc3ccc(Oc4ccccc4)cc3)c12. The van der Waals surface area contributed by atoms with Crippen molar-refractivity contribution in [1.29, 1.82) is 0 Å². The fraction of sp³-hybridized carbons (Fsp3) is 0.174. The molecular weight excluding hydrogens is 398 g/mol. The van der Waals surface area contributed by atoms with Crippen LogP contribution in [0.4, 0.5) is 11.5 Å². The number of ether oxygens (including phenoxy) is 2. The van der Waals surface area contributed by atoms with Crippen molar-refractivity contribution >= 4 is 39.0 Å². The Morgan fingerprint density at radius 2 is 1.70 bits per heavy atom. The van der Waals surface area contributed by atoms with Crippen LogP contribution in [0.1, 0.15) is 29.1 Å². The molecule has 0 amide bonds. The minimum atomic E-state index is -0.334. The van der Waals surface area contributed by atoms with Gasteiger partial charge in [-0.25, -0.2) is 14.8 Å². The van der Waals surface area contributed by atoms with Gasteiger partial charge in [-0.3, -0.25) is 0 Å². The molecule has 0 spiro atoms. The third-order valence-electron chi connectivity index (χ3n) is 4.35. The average Bonchev–Trinajstić information content (AvgIpc) is 3.07. The topological polar surface area (TPSA) is 73.3 Å². The zero-order valence-corrected chi connectivity index (χ0v) is 17.7. The summed E-state index contributed by atoms with van der Waals surface area (Å²) in [5.41, 5.74) is 1.67. The number of carbonyl (C=O) groups is 1. The van der Waals surface area contributed by atoms with Gasteiger partial charge in [0.15, 0.2) is 0 Å². The quantitative estimate of drug-likeness (QED) is 0.381. The molecule has 0 fully saturated rings. The molecule has 0 aliphatic carbocycles. The van der Waals surface area contributed by atoms with Crippen LogP contribution in [0.3, 0.4) is 0 Å². The van der Waals surface area contributed by atoms with Crippen LogP contribution in [0.5, 0.6) is 11.5 Å². The number of nitrogens with zero attached hydrogens (tertiary/aromatic N) is 2. The third-order valence-corrected chi connectivity index (χ3v) is 5.53. The summed E-state index contributed by atoms with van der Waals surface area (Å²) in [5.74, 6) is 1.84. The van der Waals surface area contributed by atoms with Gasteiger partial charge in [0.25, 0.3) is 0 Å². The lowest BCUT2D eigenvalue weighted by Gasteiger charge is -2.09. The summed E-state index contributed by atoms with van der Waals surface area (Å²) in [4.78, 5) is 22.4. The van der Waals surface area contributed by atoms with Gasteiger partial charge < -0.3 is 14.8 Å². The molecule has 0 saturated heterocycles. The maximum Gasteiger partial charge on any atom is 0.348 e. The number of fused-ring (bicyclic) bond motifs is 1. The van der Waals surface area contributed by atoms with Crippen molar-refractivity contribution in [2.45, 2.75) is 26.9 Å². The summed E-state index contributed by atoms with van der Waals surface area (Å²) in [6.45, 7) is 5.55. The molecule has 2 heterocycles. The molecule has 0 atom stereocenters. The molecule has 7 heteroatoms. The van der Waals surface area contributed by atoms with E-state index in [1.165, 1.54) is 17.7 Å². The first-order valence-corrected chi connectivity index (χ1v) is 10.4. The van der Waals surface area contributed by atoms with Gasteiger partial charge in [-0.2, -0.15) is 0 Å². The minimum Gasteiger partial charge on any atom is -0.459 e. The zero-order valence-electron chi connectivity index (χ0n) is 16.9. The first-order valence-electron chi connectivity index (χ1n) is 9.56. The van der Waals surface area contributed by atoms with Crippen molar-refractivity contribution in [2.75, 3.05) is 5.32 Å². The summed E-state index contributed by atoms with van der Waals surface area (Å²) in [6, 6.07) is 17.2. The van der Waals surface area contributed by atoms with Crippen LogP contribution in [0.15, 0.2) is 60.9 Å². The first kappa shape index (κ1) is 19.8. The number of carbonyl (C=O) groups excluding carboxylic acids is 1. The van der Waals surface area contributed by atoms with E-state index in [2.05, 4.69) is 15.3 Å². The highest BCUT2D eigenvalue weighted by molar-refractivity contribution is 7.20. The molecule has 0 aliphatic heterocycles. The fourth-order valence-electron chi connectivity index (χ4n) is 3.00. The molecule has 0 saturated carbocycles. The van der Waals surface area contributed by atoms with E-state index in [0.29, 0.717) is 10.7 Å². The Morgan fingerprint density at radius 3 is 2.40 bits per heavy atom. The number of rotatable bonds is 6. The van der Waals surface area contributed by atoms with Crippen molar-refractivity contribution in [3.05, 3.63) is 71.4 Å². The number of benzene rings is 2. The van der Waals surface area contributed by atoms with Crippen molar-refractivity contribution in [2.24, 2.45) is 0 Å². The molecule has 0 bridgehead atoms. The van der Waals surface area contributed by atoms with E-state index in [0.717, 1.165) is 33.0 Å². The van der Waals surface area contributed by atoms with Crippen LogP contribution in [0.25, 0.3) is 10.2 Å². The summed E-state index contributed by atoms with van der Waals surface area (Å²) < 4.78 is 11.2. The van der Waals surface area contributed by atoms with Crippen LogP contribution in [0.2, 0.25) is 0 Å². The summed E-state index contributed by atoms with van der Waals surface area (Å²) in [7, 11) is 0. The second-order valence-electron chi connectivity index (χ2n) is 6.98. The summed E-state index contributed by atoms with van der Waals surface area (Å²) in [5, 5.41) is 4.14. The lowest BCUT2D eigenvalue weighted by Crippen LogP contribution is -2.11. The van der Waals surface area contributed by atoms with E-state index in [4.69, 9.17) is 9.47 Å². The predicted octanol–water partition coefficient (Wildman–Crippen LogP) is 6.10. The van der Waals surface area contributed by atoms with Crippen molar-refractivity contribution in [3.8, 4) is 11.5 Å². The Labute approximate surface area is 178 Å². The van der Waals surface area contributed by atoms with E-state index in [1.54, 1.807) is 0 Å². The van der Waals surface area contributed by atoms with Crippen molar-refractivity contribution in [1.82, 2.24) is 9.97 Å². The standard InChI is InChI=1S/C23H21N3O3S/c1-14(2)28-23(27)20-15(3)19-21(24-13-25-22(19)30-20)26-16-9-11-18(12-10-16)29-17-7-5-4-6-8-17/h4-14H,1-3H3,(H,24,25,26). The lowest BCUT2D eigenvalue weighted by atomic mass is 10.2. The Balaban J connectivity index is 1.58. The smallest absolute Gasteiger partial charge is 0.348 e. The molecule has 0 aliphatic rings. The fourth-order valence-corrected chi connectivity index (χ4v) is 4.03. The van der Waals surface area contributed by atoms with Gasteiger partial charge >= 0.3 is 5.97 Å². The van der Waals surface area contributed by atoms with Crippen LogP contribution in [-0.2, 0) is 4.74 Å². The molecule has 152 valence electrons. The largest absolute Gasteiger partial charge is 0.459 e. The number of nitrogens with one attached hydrogen (secondary N) is 1. The number of esters is 1. The Hall–Kier alpha value is -3.45. The number of para-hydroxylation sites is 1. The highest BCUT2D eigenvalue weighted by Gasteiger charge is 2.21. The monoisotopic (exact) mass is 419 g/mol. The molecule has 4 aromatic rings. The van der Waals surface area contributed by atoms with Crippen LogP contribution in [-0.4, -0.2) is 22.0 Å². The number of hydrogen-bond donors (Lipinski definition) is 1. The van der Waals surface area contributed by atoms with E-state index >= 15 is 0 Å². The minimum absolute atomic E-state index is 0.178. The lowest BCUT2D eigenvalue weighted by molar-refractivity contribution is 0.0383. The molecule has 30 heavy (non-hydrogen) atoms. The highest BCUT2D eigenvalue weighted by atomic mass is 32.1. The number of hydrogen-bond acceptors (Lipinski definition) is 7.